The number of halogens is 1. The zero-order chi connectivity index (χ0) is 21.8. The first-order valence-corrected chi connectivity index (χ1v) is 10.2. The summed E-state index contributed by atoms with van der Waals surface area (Å²) in [4.78, 5) is 38.2. The number of amides is 2. The molecule has 0 aliphatic rings. The van der Waals surface area contributed by atoms with Crippen LogP contribution in [0.15, 0.2) is 48.5 Å². The zero-order valence-corrected chi connectivity index (χ0v) is 18.1. The van der Waals surface area contributed by atoms with E-state index >= 15 is 0 Å². The van der Waals surface area contributed by atoms with Gasteiger partial charge < -0.3 is 15.4 Å². The highest BCUT2D eigenvalue weighted by molar-refractivity contribution is 7.19. The molecule has 0 aliphatic carbocycles. The van der Waals surface area contributed by atoms with Crippen LogP contribution in [0.2, 0.25) is 5.02 Å². The van der Waals surface area contributed by atoms with Crippen LogP contribution in [-0.2, 0) is 4.74 Å². The molecule has 6 nitrogen and oxygen atoms in total. The van der Waals surface area contributed by atoms with Crippen LogP contribution < -0.4 is 10.6 Å². The Balaban J connectivity index is 1.95. The van der Waals surface area contributed by atoms with Crippen LogP contribution in [-0.4, -0.2) is 24.9 Å². The number of esters is 1. The predicted molar refractivity (Wildman–Crippen MR) is 119 cm³/mol. The molecule has 0 fully saturated rings. The van der Waals surface area contributed by atoms with Gasteiger partial charge >= 0.3 is 5.97 Å². The fourth-order valence-corrected chi connectivity index (χ4v) is 4.19. The van der Waals surface area contributed by atoms with E-state index in [2.05, 4.69) is 10.6 Å². The minimum Gasteiger partial charge on any atom is -0.465 e. The van der Waals surface area contributed by atoms with Crippen LogP contribution in [0, 0.1) is 13.8 Å². The van der Waals surface area contributed by atoms with E-state index < -0.39 is 11.9 Å². The Labute approximate surface area is 182 Å². The van der Waals surface area contributed by atoms with Crippen LogP contribution in [0.25, 0.3) is 0 Å². The molecule has 8 heteroatoms. The van der Waals surface area contributed by atoms with Crippen molar-refractivity contribution >= 4 is 51.4 Å². The maximum Gasteiger partial charge on any atom is 0.341 e. The lowest BCUT2D eigenvalue weighted by Gasteiger charge is -2.08. The van der Waals surface area contributed by atoms with Gasteiger partial charge in [0, 0.05) is 16.3 Å². The zero-order valence-electron chi connectivity index (χ0n) is 16.5. The summed E-state index contributed by atoms with van der Waals surface area (Å²) in [5, 5.41) is 6.24. The topological polar surface area (TPSA) is 84.5 Å². The van der Waals surface area contributed by atoms with Crippen molar-refractivity contribution in [3.63, 3.8) is 0 Å². The van der Waals surface area contributed by atoms with Crippen LogP contribution in [0.3, 0.4) is 0 Å². The van der Waals surface area contributed by atoms with Crippen molar-refractivity contribution in [1.82, 2.24) is 0 Å². The number of nitrogens with one attached hydrogen (secondary N) is 2. The second-order valence-corrected chi connectivity index (χ2v) is 7.94. The number of carbonyl (C=O) groups is 3. The van der Waals surface area contributed by atoms with Crippen molar-refractivity contribution in [2.75, 3.05) is 17.7 Å². The molecule has 30 heavy (non-hydrogen) atoms. The van der Waals surface area contributed by atoms with E-state index in [9.17, 15) is 14.4 Å². The molecule has 1 heterocycles. The van der Waals surface area contributed by atoms with Gasteiger partial charge in [0.05, 0.1) is 17.6 Å². The number of hydrogen-bond donors (Lipinski definition) is 2. The van der Waals surface area contributed by atoms with Crippen molar-refractivity contribution in [2.24, 2.45) is 0 Å². The molecule has 3 rings (SSSR count). The highest BCUT2D eigenvalue weighted by atomic mass is 35.5. The number of aryl methyl sites for hydroxylation is 1. The van der Waals surface area contributed by atoms with Gasteiger partial charge in [-0.3, -0.25) is 9.59 Å². The van der Waals surface area contributed by atoms with Gasteiger partial charge in [0.1, 0.15) is 5.00 Å². The molecule has 0 saturated heterocycles. The monoisotopic (exact) mass is 442 g/mol. The molecule has 3 aromatic rings. The number of thiophene rings is 1. The number of ether oxygens (including phenoxy) is 1. The molecule has 0 atom stereocenters. The van der Waals surface area contributed by atoms with E-state index in [-0.39, 0.29) is 21.3 Å². The minimum absolute atomic E-state index is 0.153. The Kier molecular flexibility index (Phi) is 6.54. The van der Waals surface area contributed by atoms with Gasteiger partial charge in [-0.1, -0.05) is 35.9 Å². The molecule has 2 amide bonds. The Morgan fingerprint density at radius 2 is 1.70 bits per heavy atom. The maximum absolute atomic E-state index is 12.8. The number of carbonyl (C=O) groups excluding carboxylic acids is 3. The van der Waals surface area contributed by atoms with Crippen molar-refractivity contribution < 1.29 is 19.1 Å². The summed E-state index contributed by atoms with van der Waals surface area (Å²) in [5.41, 5.74) is 2.36. The first-order chi connectivity index (χ1) is 14.3. The molecule has 0 aliphatic heterocycles. The SMILES string of the molecule is COC(=O)c1c(NC(=O)c2ccccc2C)sc(C(=O)Nc2cccc(Cl)c2)c1C. The van der Waals surface area contributed by atoms with Crippen LogP contribution in [0.4, 0.5) is 10.7 Å². The van der Waals surface area contributed by atoms with Crippen molar-refractivity contribution in [3.8, 4) is 0 Å². The normalized spacial score (nSPS) is 10.4. The minimum atomic E-state index is -0.634. The Bertz CT molecular complexity index is 1140. The first-order valence-electron chi connectivity index (χ1n) is 8.97. The molecular formula is C22H19ClN2O4S. The maximum atomic E-state index is 12.8. The Hall–Kier alpha value is -3.16. The first kappa shape index (κ1) is 21.5. The third-order valence-corrected chi connectivity index (χ3v) is 5.88. The third kappa shape index (κ3) is 4.53. The van der Waals surface area contributed by atoms with Gasteiger partial charge in [0.2, 0.25) is 0 Å². The summed E-state index contributed by atoms with van der Waals surface area (Å²) in [7, 11) is 1.25. The Morgan fingerprint density at radius 3 is 2.37 bits per heavy atom. The van der Waals surface area contributed by atoms with Crippen molar-refractivity contribution in [2.45, 2.75) is 13.8 Å². The quantitative estimate of drug-likeness (QED) is 0.524. The van der Waals surface area contributed by atoms with Gasteiger partial charge in [0.15, 0.2) is 0 Å². The summed E-state index contributed by atoms with van der Waals surface area (Å²) in [6, 6.07) is 13.8. The molecule has 2 aromatic carbocycles. The van der Waals surface area contributed by atoms with Gasteiger partial charge in [-0.15, -0.1) is 11.3 Å². The molecule has 2 N–H and O–H groups in total. The van der Waals surface area contributed by atoms with Crippen molar-refractivity contribution in [1.29, 1.82) is 0 Å². The summed E-state index contributed by atoms with van der Waals surface area (Å²) in [5.74, 6) is -1.42. The van der Waals surface area contributed by atoms with E-state index in [0.29, 0.717) is 21.8 Å². The van der Waals surface area contributed by atoms with E-state index in [4.69, 9.17) is 16.3 Å². The van der Waals surface area contributed by atoms with Crippen LogP contribution >= 0.6 is 22.9 Å². The van der Waals surface area contributed by atoms with E-state index in [1.807, 2.05) is 19.1 Å². The molecule has 154 valence electrons. The van der Waals surface area contributed by atoms with Crippen LogP contribution in [0.5, 0.6) is 0 Å². The lowest BCUT2D eigenvalue weighted by Crippen LogP contribution is -2.15. The second-order valence-electron chi connectivity index (χ2n) is 6.49. The third-order valence-electron chi connectivity index (χ3n) is 4.44. The lowest BCUT2D eigenvalue weighted by molar-refractivity contribution is 0.0601. The number of rotatable bonds is 5. The Morgan fingerprint density at radius 1 is 0.967 bits per heavy atom. The van der Waals surface area contributed by atoms with E-state index in [0.717, 1.165) is 16.9 Å². The molecule has 0 unspecified atom stereocenters. The average molecular weight is 443 g/mol. The summed E-state index contributed by atoms with van der Waals surface area (Å²) < 4.78 is 4.86. The predicted octanol–water partition coefficient (Wildman–Crippen LogP) is 5.31. The number of methoxy groups -OCH3 is 1. The fraction of sp³-hybridized carbons (Fsp3) is 0.136. The molecule has 0 bridgehead atoms. The smallest absolute Gasteiger partial charge is 0.341 e. The largest absolute Gasteiger partial charge is 0.465 e. The fourth-order valence-electron chi connectivity index (χ4n) is 2.92. The van der Waals surface area contributed by atoms with Crippen molar-refractivity contribution in [3.05, 3.63) is 80.7 Å². The highest BCUT2D eigenvalue weighted by Gasteiger charge is 2.27. The van der Waals surface area contributed by atoms with Gasteiger partial charge in [-0.2, -0.15) is 0 Å². The van der Waals surface area contributed by atoms with E-state index in [1.54, 1.807) is 43.3 Å². The molecule has 1 aromatic heterocycles. The van der Waals surface area contributed by atoms with Gasteiger partial charge in [-0.25, -0.2) is 4.79 Å². The number of benzene rings is 2. The standard InChI is InChI=1S/C22H19ClN2O4S/c1-12-7-4-5-10-16(12)19(26)25-21-17(22(28)29-3)13(2)18(30-21)20(27)24-15-9-6-8-14(23)11-15/h4-11H,1-3H3,(H,24,27)(H,25,26). The summed E-state index contributed by atoms with van der Waals surface area (Å²) >= 11 is 6.98. The molecule has 0 spiro atoms. The number of hydrogen-bond acceptors (Lipinski definition) is 5. The van der Waals surface area contributed by atoms with Gasteiger partial charge in [-0.05, 0) is 49.2 Å². The summed E-state index contributed by atoms with van der Waals surface area (Å²) in [6.07, 6.45) is 0. The highest BCUT2D eigenvalue weighted by Crippen LogP contribution is 2.35. The van der Waals surface area contributed by atoms with E-state index in [1.165, 1.54) is 7.11 Å². The molecule has 0 radical (unpaired) electrons. The van der Waals surface area contributed by atoms with Crippen LogP contribution in [0.1, 0.15) is 41.5 Å². The van der Waals surface area contributed by atoms with Gasteiger partial charge in [0.25, 0.3) is 11.8 Å². The second kappa shape index (κ2) is 9.11. The average Bonchev–Trinajstić information content (AvgIpc) is 3.03. The lowest BCUT2D eigenvalue weighted by atomic mass is 10.1. The molecular weight excluding hydrogens is 424 g/mol. The molecule has 0 saturated carbocycles. The number of anilines is 2. The summed E-state index contributed by atoms with van der Waals surface area (Å²) in [6.45, 7) is 3.46.